The Hall–Kier alpha value is -2.97. The van der Waals surface area contributed by atoms with Crippen LogP contribution >= 0.6 is 0 Å². The van der Waals surface area contributed by atoms with Crippen molar-refractivity contribution < 1.29 is 29.3 Å². The summed E-state index contributed by atoms with van der Waals surface area (Å²) in [4.78, 5) is 33.8. The monoisotopic (exact) mass is 305 g/mol. The van der Waals surface area contributed by atoms with Gasteiger partial charge in [0.25, 0.3) is 0 Å². The molecule has 3 heterocycles. The number of hydrogen-bond donors (Lipinski definition) is 2. The molecule has 0 bridgehead atoms. The summed E-state index contributed by atoms with van der Waals surface area (Å²) in [5.74, 6) is -1.89. The van der Waals surface area contributed by atoms with E-state index in [1.54, 1.807) is 18.2 Å². The number of carbonyl (C=O) groups is 2. The van der Waals surface area contributed by atoms with Gasteiger partial charge in [-0.05, 0) is 12.1 Å². The van der Waals surface area contributed by atoms with Crippen molar-refractivity contribution in [2.75, 3.05) is 13.2 Å². The summed E-state index contributed by atoms with van der Waals surface area (Å²) in [5.41, 5.74) is 0.678. The molecule has 2 aliphatic heterocycles. The molecule has 22 heavy (non-hydrogen) atoms. The minimum atomic E-state index is -1.07. The summed E-state index contributed by atoms with van der Waals surface area (Å²) in [6, 6.07) is 2.97. The third kappa shape index (κ3) is 2.60. The maximum Gasteiger partial charge on any atom is 0.332 e. The predicted octanol–water partition coefficient (Wildman–Crippen LogP) is -0.458. The van der Waals surface area contributed by atoms with Crippen LogP contribution in [0.25, 0.3) is 0 Å². The molecule has 9 heteroatoms. The first-order valence-corrected chi connectivity index (χ1v) is 6.39. The van der Waals surface area contributed by atoms with Crippen LogP contribution in [-0.4, -0.2) is 64.2 Å². The third-order valence-electron chi connectivity index (χ3n) is 3.06. The molecule has 0 spiro atoms. The summed E-state index contributed by atoms with van der Waals surface area (Å²) in [6.45, 7) is -0.0930. The number of hydrogen-bond acceptors (Lipinski definition) is 7. The third-order valence-corrected chi connectivity index (χ3v) is 3.06. The van der Waals surface area contributed by atoms with Gasteiger partial charge in [0.15, 0.2) is 12.1 Å². The molecule has 1 aromatic rings. The first kappa shape index (κ1) is 14.0. The van der Waals surface area contributed by atoms with Gasteiger partial charge in [0.2, 0.25) is 11.8 Å². The lowest BCUT2D eigenvalue weighted by molar-refractivity contribution is -0.139. The Labute approximate surface area is 123 Å². The van der Waals surface area contributed by atoms with Gasteiger partial charge in [-0.25, -0.2) is 24.6 Å². The molecule has 0 saturated carbocycles. The van der Waals surface area contributed by atoms with Gasteiger partial charge >= 0.3 is 11.9 Å². The predicted molar refractivity (Wildman–Crippen MR) is 72.1 cm³/mol. The van der Waals surface area contributed by atoms with Crippen LogP contribution in [0.1, 0.15) is 11.4 Å². The molecule has 2 aliphatic rings. The molecule has 9 nitrogen and oxygen atoms in total. The standard InChI is InChI=1S/C13H11N3O6/c17-12(18)8-4-21-10(15-8)6-2-1-3-7(14-6)11-16-9(5-22-11)13(19)20/h1-3,8-9H,4-5H2,(H,17,18)(H,19,20)/t8-,9-/m0/s1. The molecule has 0 aromatic carbocycles. The highest BCUT2D eigenvalue weighted by atomic mass is 16.5. The molecular formula is C13H11N3O6. The van der Waals surface area contributed by atoms with Crippen LogP contribution in [0.4, 0.5) is 0 Å². The van der Waals surface area contributed by atoms with E-state index in [9.17, 15) is 9.59 Å². The van der Waals surface area contributed by atoms with E-state index in [0.717, 1.165) is 0 Å². The van der Waals surface area contributed by atoms with E-state index in [4.69, 9.17) is 19.7 Å². The van der Waals surface area contributed by atoms with E-state index in [0.29, 0.717) is 11.4 Å². The van der Waals surface area contributed by atoms with Crippen LogP contribution in [0, 0.1) is 0 Å². The van der Waals surface area contributed by atoms with Gasteiger partial charge in [0.1, 0.15) is 24.6 Å². The minimum absolute atomic E-state index is 0.0465. The minimum Gasteiger partial charge on any atom is -0.480 e. The average molecular weight is 305 g/mol. The number of rotatable bonds is 4. The van der Waals surface area contributed by atoms with Gasteiger partial charge in [0, 0.05) is 0 Å². The molecular weight excluding hydrogens is 294 g/mol. The van der Waals surface area contributed by atoms with E-state index < -0.39 is 24.0 Å². The molecule has 1 aromatic heterocycles. The highest BCUT2D eigenvalue weighted by Crippen LogP contribution is 2.14. The first-order chi connectivity index (χ1) is 10.5. The van der Waals surface area contributed by atoms with Crippen LogP contribution in [-0.2, 0) is 19.1 Å². The van der Waals surface area contributed by atoms with Crippen molar-refractivity contribution in [2.24, 2.45) is 9.98 Å². The number of ether oxygens (including phenoxy) is 2. The number of aliphatic imine (C=N–C) groups is 2. The van der Waals surface area contributed by atoms with E-state index in [1.165, 1.54) is 0 Å². The number of pyridine rings is 1. The van der Waals surface area contributed by atoms with Crippen molar-refractivity contribution in [2.45, 2.75) is 12.1 Å². The van der Waals surface area contributed by atoms with Crippen molar-refractivity contribution in [1.82, 2.24) is 4.98 Å². The largest absolute Gasteiger partial charge is 0.480 e. The Balaban J connectivity index is 1.85. The number of aliphatic carboxylic acids is 2. The fourth-order valence-electron chi connectivity index (χ4n) is 1.95. The lowest BCUT2D eigenvalue weighted by Crippen LogP contribution is -2.18. The second-order valence-corrected chi connectivity index (χ2v) is 4.61. The van der Waals surface area contributed by atoms with E-state index in [-0.39, 0.29) is 25.0 Å². The van der Waals surface area contributed by atoms with Gasteiger partial charge in [0.05, 0.1) is 0 Å². The summed E-state index contributed by atoms with van der Waals surface area (Å²) in [7, 11) is 0. The molecule has 0 fully saturated rings. The first-order valence-electron chi connectivity index (χ1n) is 6.39. The van der Waals surface area contributed by atoms with Crippen molar-refractivity contribution >= 4 is 23.7 Å². The van der Waals surface area contributed by atoms with Crippen LogP contribution in [0.3, 0.4) is 0 Å². The Bertz CT molecular complexity index is 644. The van der Waals surface area contributed by atoms with Crippen LogP contribution in [0.2, 0.25) is 0 Å². The molecule has 3 rings (SSSR count). The molecule has 0 radical (unpaired) electrons. The molecule has 0 saturated heterocycles. The number of carboxylic acid groups (broad SMARTS) is 2. The van der Waals surface area contributed by atoms with Crippen molar-refractivity contribution in [3.8, 4) is 0 Å². The Kier molecular flexibility index (Phi) is 3.45. The zero-order valence-corrected chi connectivity index (χ0v) is 11.2. The topological polar surface area (TPSA) is 131 Å². The highest BCUT2D eigenvalue weighted by molar-refractivity contribution is 5.99. The van der Waals surface area contributed by atoms with Crippen LogP contribution in [0.15, 0.2) is 28.2 Å². The number of carboxylic acids is 2. The van der Waals surface area contributed by atoms with E-state index in [2.05, 4.69) is 15.0 Å². The summed E-state index contributed by atoms with van der Waals surface area (Å²) >= 11 is 0. The van der Waals surface area contributed by atoms with Gasteiger partial charge < -0.3 is 19.7 Å². The average Bonchev–Trinajstić information content (AvgIpc) is 3.17. The fraction of sp³-hybridized carbons (Fsp3) is 0.308. The Morgan fingerprint density at radius 3 is 1.77 bits per heavy atom. The SMILES string of the molecule is O=C(O)[C@@H]1COC(c2cccc(C3=N[C@H](C(=O)O)CO3)n2)=N1. The van der Waals surface area contributed by atoms with Gasteiger partial charge in [-0.15, -0.1) is 0 Å². The van der Waals surface area contributed by atoms with Gasteiger partial charge in [-0.3, -0.25) is 0 Å². The lowest BCUT2D eigenvalue weighted by Gasteiger charge is -2.04. The molecule has 0 amide bonds. The summed E-state index contributed by atoms with van der Waals surface area (Å²) < 4.78 is 10.4. The molecule has 2 atom stereocenters. The fourth-order valence-corrected chi connectivity index (χ4v) is 1.95. The van der Waals surface area contributed by atoms with Crippen molar-refractivity contribution in [3.05, 3.63) is 29.6 Å². The summed E-state index contributed by atoms with van der Waals surface area (Å²) in [6.07, 6.45) is 0. The highest BCUT2D eigenvalue weighted by Gasteiger charge is 2.29. The van der Waals surface area contributed by atoms with E-state index >= 15 is 0 Å². The number of aromatic nitrogens is 1. The molecule has 0 aliphatic carbocycles. The second-order valence-electron chi connectivity index (χ2n) is 4.61. The van der Waals surface area contributed by atoms with E-state index in [1.807, 2.05) is 0 Å². The lowest BCUT2D eigenvalue weighted by atomic mass is 10.3. The van der Waals surface area contributed by atoms with Crippen molar-refractivity contribution in [1.29, 1.82) is 0 Å². The van der Waals surface area contributed by atoms with Crippen molar-refractivity contribution in [3.63, 3.8) is 0 Å². The zero-order valence-electron chi connectivity index (χ0n) is 11.2. The maximum absolute atomic E-state index is 10.9. The zero-order chi connectivity index (χ0) is 15.7. The van der Waals surface area contributed by atoms with Crippen LogP contribution < -0.4 is 0 Å². The smallest absolute Gasteiger partial charge is 0.332 e. The normalized spacial score (nSPS) is 23.3. The molecule has 2 N–H and O–H groups in total. The second kappa shape index (κ2) is 5.43. The number of nitrogens with zero attached hydrogens (tertiary/aromatic N) is 3. The Morgan fingerprint density at radius 1 is 0.955 bits per heavy atom. The summed E-state index contributed by atoms with van der Waals surface area (Å²) in [5, 5.41) is 17.8. The van der Waals surface area contributed by atoms with Gasteiger partial charge in [-0.1, -0.05) is 6.07 Å². The van der Waals surface area contributed by atoms with Gasteiger partial charge in [-0.2, -0.15) is 0 Å². The van der Waals surface area contributed by atoms with Crippen LogP contribution in [0.5, 0.6) is 0 Å². The molecule has 0 unspecified atom stereocenters. The quantitative estimate of drug-likeness (QED) is 0.769. The Morgan fingerprint density at radius 2 is 1.41 bits per heavy atom. The molecule has 114 valence electrons. The maximum atomic E-state index is 10.9.